The number of hydrogen-bond acceptors (Lipinski definition) is 3. The first-order valence-electron chi connectivity index (χ1n) is 5.70. The maximum atomic E-state index is 5.71. The Morgan fingerprint density at radius 2 is 1.47 bits per heavy atom. The van der Waals surface area contributed by atoms with Gasteiger partial charge >= 0.3 is 0 Å². The van der Waals surface area contributed by atoms with E-state index in [-0.39, 0.29) is 18.1 Å². The molecule has 1 atom stereocenters. The monoisotopic (exact) mass is 231 g/mol. The largest absolute Gasteiger partial charge is 0.354 e. The molecule has 0 aliphatic heterocycles. The topological polar surface area (TPSA) is 44.5 Å². The minimum absolute atomic E-state index is 0.0565. The highest BCUT2D eigenvalue weighted by Gasteiger charge is 2.15. The molecule has 0 bridgehead atoms. The molecule has 2 radical (unpaired) electrons. The summed E-state index contributed by atoms with van der Waals surface area (Å²) in [6, 6.07) is 1.08. The third-order valence-electron chi connectivity index (χ3n) is 1.83. The summed E-state index contributed by atoms with van der Waals surface area (Å²) in [5.41, 5.74) is 5.58. The Morgan fingerprint density at radius 1 is 1.00 bits per heavy atom. The molecule has 15 heavy (non-hydrogen) atoms. The lowest BCUT2D eigenvalue weighted by Crippen LogP contribution is -2.31. The fourth-order valence-corrected chi connectivity index (χ4v) is 2.50. The van der Waals surface area contributed by atoms with E-state index < -0.39 is 0 Å². The van der Waals surface area contributed by atoms with Gasteiger partial charge < -0.3 is 15.2 Å². The Morgan fingerprint density at radius 3 is 1.80 bits per heavy atom. The average molecular weight is 231 g/mol. The molecule has 0 aromatic rings. The highest BCUT2D eigenvalue weighted by atomic mass is 28.2. The number of ether oxygens (including phenoxy) is 2. The predicted molar refractivity (Wildman–Crippen MR) is 65.0 cm³/mol. The second-order valence-electron chi connectivity index (χ2n) is 4.45. The van der Waals surface area contributed by atoms with Gasteiger partial charge in [-0.3, -0.25) is 0 Å². The van der Waals surface area contributed by atoms with Gasteiger partial charge in [0.15, 0.2) is 0 Å². The first-order chi connectivity index (χ1) is 6.95. The van der Waals surface area contributed by atoms with Crippen molar-refractivity contribution in [3.63, 3.8) is 0 Å². The third-order valence-corrected chi connectivity index (χ3v) is 3.36. The van der Waals surface area contributed by atoms with Gasteiger partial charge in [-0.25, -0.2) is 0 Å². The van der Waals surface area contributed by atoms with Crippen molar-refractivity contribution in [1.82, 2.24) is 0 Å². The third kappa shape index (κ3) is 9.05. The Bertz CT molecular complexity index is 144. The normalized spacial score (nSPS) is 14.2. The molecule has 0 aliphatic carbocycles. The molecular weight excluding hydrogens is 206 g/mol. The number of nitrogens with two attached hydrogens (primary N) is 1. The van der Waals surface area contributed by atoms with E-state index >= 15 is 0 Å². The maximum absolute atomic E-state index is 5.71. The van der Waals surface area contributed by atoms with E-state index in [1.54, 1.807) is 0 Å². The van der Waals surface area contributed by atoms with E-state index in [0.717, 1.165) is 12.6 Å². The van der Waals surface area contributed by atoms with Gasteiger partial charge in [-0.2, -0.15) is 0 Å². The van der Waals surface area contributed by atoms with Crippen LogP contribution in [0.1, 0.15) is 34.6 Å². The van der Waals surface area contributed by atoms with Gasteiger partial charge in [0.2, 0.25) is 0 Å². The minimum Gasteiger partial charge on any atom is -0.354 e. The van der Waals surface area contributed by atoms with Crippen LogP contribution in [0.3, 0.4) is 0 Å². The Hall–Kier alpha value is 0.0969. The summed E-state index contributed by atoms with van der Waals surface area (Å²) >= 11 is 0. The van der Waals surface area contributed by atoms with Crippen molar-refractivity contribution in [2.24, 2.45) is 11.7 Å². The van der Waals surface area contributed by atoms with Crippen LogP contribution in [0.25, 0.3) is 0 Å². The molecule has 0 spiro atoms. The van der Waals surface area contributed by atoms with Crippen molar-refractivity contribution in [3.05, 3.63) is 0 Å². The van der Waals surface area contributed by atoms with Gasteiger partial charge in [0, 0.05) is 0 Å². The Kier molecular flexibility index (Phi) is 8.33. The summed E-state index contributed by atoms with van der Waals surface area (Å²) in [5, 5.41) is 0. The second-order valence-corrected chi connectivity index (χ2v) is 5.74. The summed E-state index contributed by atoms with van der Waals surface area (Å²) < 4.78 is 11.4. The molecule has 0 saturated carbocycles. The van der Waals surface area contributed by atoms with Crippen LogP contribution in [-0.4, -0.2) is 34.2 Å². The fourth-order valence-electron chi connectivity index (χ4n) is 1.00. The first kappa shape index (κ1) is 15.1. The predicted octanol–water partition coefficient (Wildman–Crippen LogP) is 1.84. The molecule has 0 amide bonds. The maximum Gasteiger partial charge on any atom is 0.137 e. The zero-order chi connectivity index (χ0) is 11.8. The lowest BCUT2D eigenvalue weighted by atomic mass is 10.2. The van der Waals surface area contributed by atoms with Crippen LogP contribution in [0.4, 0.5) is 0 Å². The molecule has 0 rings (SSSR count). The molecule has 1 unspecified atom stereocenters. The lowest BCUT2D eigenvalue weighted by Gasteiger charge is -2.23. The van der Waals surface area contributed by atoms with Gasteiger partial charge in [0.25, 0.3) is 0 Å². The van der Waals surface area contributed by atoms with Gasteiger partial charge in [-0.05, 0) is 40.2 Å². The van der Waals surface area contributed by atoms with Gasteiger partial charge in [0.1, 0.15) is 15.4 Å². The standard InChI is InChI=1S/C11H25NO2Si/c1-8(2)13-11(14-9(3)4)15-7-10(5)6-12/h8-11H,6-7,12H2,1-5H3. The zero-order valence-corrected chi connectivity index (χ0v) is 11.6. The molecule has 90 valence electrons. The van der Waals surface area contributed by atoms with Crippen molar-refractivity contribution < 1.29 is 9.47 Å². The van der Waals surface area contributed by atoms with Crippen LogP contribution in [-0.2, 0) is 9.47 Å². The van der Waals surface area contributed by atoms with Gasteiger partial charge in [0.05, 0.1) is 12.2 Å². The van der Waals surface area contributed by atoms with Crippen molar-refractivity contribution >= 4 is 9.52 Å². The lowest BCUT2D eigenvalue weighted by molar-refractivity contribution is -0.134. The Balaban J connectivity index is 3.89. The van der Waals surface area contributed by atoms with Crippen molar-refractivity contribution in [1.29, 1.82) is 0 Å². The first-order valence-corrected chi connectivity index (χ1v) is 6.98. The Labute approximate surface area is 96.5 Å². The molecule has 0 heterocycles. The molecule has 3 nitrogen and oxygen atoms in total. The zero-order valence-electron chi connectivity index (χ0n) is 10.6. The van der Waals surface area contributed by atoms with Crippen LogP contribution < -0.4 is 5.73 Å². The smallest absolute Gasteiger partial charge is 0.137 e. The summed E-state index contributed by atoms with van der Waals surface area (Å²) in [6.45, 7) is 11.0. The highest BCUT2D eigenvalue weighted by molar-refractivity contribution is 6.36. The molecule has 4 heteroatoms. The summed E-state index contributed by atoms with van der Waals surface area (Å²) in [7, 11) is 0.672. The van der Waals surface area contributed by atoms with Crippen molar-refractivity contribution in [3.8, 4) is 0 Å². The molecule has 0 aromatic carbocycles. The van der Waals surface area contributed by atoms with Crippen molar-refractivity contribution in [2.75, 3.05) is 6.54 Å². The molecule has 0 fully saturated rings. The minimum atomic E-state index is -0.0565. The molecule has 2 N–H and O–H groups in total. The molecule has 0 aromatic heterocycles. The van der Waals surface area contributed by atoms with E-state index in [1.165, 1.54) is 0 Å². The number of rotatable bonds is 8. The van der Waals surface area contributed by atoms with E-state index in [0.29, 0.717) is 15.4 Å². The van der Waals surface area contributed by atoms with Crippen LogP contribution in [0.5, 0.6) is 0 Å². The van der Waals surface area contributed by atoms with Crippen molar-refractivity contribution in [2.45, 2.75) is 58.8 Å². The fraction of sp³-hybridized carbons (Fsp3) is 1.00. The van der Waals surface area contributed by atoms with E-state index in [9.17, 15) is 0 Å². The summed E-state index contributed by atoms with van der Waals surface area (Å²) in [5.74, 6) is 0.497. The SMILES string of the molecule is CC(CN)C[Si]C(OC(C)C)OC(C)C. The summed E-state index contributed by atoms with van der Waals surface area (Å²) in [4.78, 5) is 0. The second kappa shape index (κ2) is 8.27. The summed E-state index contributed by atoms with van der Waals surface area (Å²) in [6.07, 6.45) is 0.434. The van der Waals surface area contributed by atoms with Crippen LogP contribution in [0.2, 0.25) is 6.04 Å². The molecule has 0 saturated heterocycles. The van der Waals surface area contributed by atoms with Gasteiger partial charge in [-0.1, -0.05) is 13.0 Å². The van der Waals surface area contributed by atoms with Crippen LogP contribution >= 0.6 is 0 Å². The average Bonchev–Trinajstić information content (AvgIpc) is 2.11. The number of hydrogen-bond donors (Lipinski definition) is 1. The van der Waals surface area contributed by atoms with E-state index in [2.05, 4.69) is 6.92 Å². The van der Waals surface area contributed by atoms with E-state index in [4.69, 9.17) is 15.2 Å². The van der Waals surface area contributed by atoms with E-state index in [1.807, 2.05) is 27.7 Å². The van der Waals surface area contributed by atoms with Crippen LogP contribution in [0.15, 0.2) is 0 Å². The van der Waals surface area contributed by atoms with Crippen LogP contribution in [0, 0.1) is 5.92 Å². The molecule has 0 aliphatic rings. The molecular formula is C11H25NO2Si. The quantitative estimate of drug-likeness (QED) is 0.512. The van der Waals surface area contributed by atoms with Gasteiger partial charge in [-0.15, -0.1) is 0 Å². The highest BCUT2D eigenvalue weighted by Crippen LogP contribution is 2.08.